The van der Waals surface area contributed by atoms with Crippen molar-refractivity contribution in [1.82, 2.24) is 20.1 Å². The van der Waals surface area contributed by atoms with Crippen molar-refractivity contribution in [3.63, 3.8) is 0 Å². The predicted octanol–water partition coefficient (Wildman–Crippen LogP) is 2.09. The first-order valence-corrected chi connectivity index (χ1v) is 10.1. The molecular weight excluding hydrogens is 368 g/mol. The molecule has 3 heterocycles. The third-order valence-corrected chi connectivity index (χ3v) is 5.96. The number of aromatic nitrogens is 3. The minimum Gasteiger partial charge on any atom is -0.339 e. The van der Waals surface area contributed by atoms with Gasteiger partial charge in [-0.2, -0.15) is 4.98 Å². The highest BCUT2D eigenvalue weighted by Crippen LogP contribution is 2.37. The number of hydrogen-bond donors (Lipinski definition) is 2. The Morgan fingerprint density at radius 3 is 2.45 bits per heavy atom. The van der Waals surface area contributed by atoms with E-state index in [0.29, 0.717) is 37.8 Å². The molecule has 0 bridgehead atoms. The highest BCUT2D eigenvalue weighted by Gasteiger charge is 2.43. The standard InChI is InChI=1S/C21H26N6O2/c1-2-17(28)26-14-10-21(11-15-26,16-8-4-3-5-9-16)18(29)22-19-23-20(25-24-19)27-12-6-7-13-27/h2-5,8-9H,1,6-7,10-15H2,(H2,22,23,24,25,29). The molecule has 1 aromatic carbocycles. The second-order valence-corrected chi connectivity index (χ2v) is 7.61. The Kier molecular flexibility index (Phi) is 5.33. The van der Waals surface area contributed by atoms with Crippen molar-refractivity contribution in [2.45, 2.75) is 31.1 Å². The highest BCUT2D eigenvalue weighted by molar-refractivity contribution is 5.98. The number of benzene rings is 1. The van der Waals surface area contributed by atoms with Gasteiger partial charge in [-0.15, -0.1) is 5.10 Å². The summed E-state index contributed by atoms with van der Waals surface area (Å²) in [5.41, 5.74) is 0.224. The van der Waals surface area contributed by atoms with E-state index in [-0.39, 0.29) is 11.8 Å². The summed E-state index contributed by atoms with van der Waals surface area (Å²) >= 11 is 0. The fraction of sp³-hybridized carbons (Fsp3) is 0.429. The number of carbonyl (C=O) groups excluding carboxylic acids is 2. The Morgan fingerprint density at radius 1 is 1.10 bits per heavy atom. The summed E-state index contributed by atoms with van der Waals surface area (Å²) in [6.07, 6.45) is 4.66. The number of nitrogens with zero attached hydrogens (tertiary/aromatic N) is 4. The lowest BCUT2D eigenvalue weighted by molar-refractivity contribution is -0.131. The first-order valence-electron chi connectivity index (χ1n) is 10.1. The molecule has 2 aliphatic heterocycles. The molecule has 0 unspecified atom stereocenters. The summed E-state index contributed by atoms with van der Waals surface area (Å²) in [6, 6.07) is 9.75. The molecule has 8 heteroatoms. The zero-order valence-corrected chi connectivity index (χ0v) is 16.4. The molecular formula is C21H26N6O2. The molecule has 2 fully saturated rings. The van der Waals surface area contributed by atoms with E-state index in [1.54, 1.807) is 4.90 Å². The Balaban J connectivity index is 1.54. The van der Waals surface area contributed by atoms with Gasteiger partial charge >= 0.3 is 0 Å². The third kappa shape index (κ3) is 3.74. The molecule has 8 nitrogen and oxygen atoms in total. The average Bonchev–Trinajstić information content (AvgIpc) is 3.46. The monoisotopic (exact) mass is 394 g/mol. The number of aromatic amines is 1. The molecule has 0 spiro atoms. The Morgan fingerprint density at radius 2 is 1.79 bits per heavy atom. The lowest BCUT2D eigenvalue weighted by Gasteiger charge is -2.40. The van der Waals surface area contributed by atoms with Crippen molar-refractivity contribution in [2.24, 2.45) is 0 Å². The first-order chi connectivity index (χ1) is 14.1. The Bertz CT molecular complexity index is 880. The highest BCUT2D eigenvalue weighted by atomic mass is 16.2. The van der Waals surface area contributed by atoms with Crippen molar-refractivity contribution in [1.29, 1.82) is 0 Å². The van der Waals surface area contributed by atoms with Crippen molar-refractivity contribution >= 4 is 23.7 Å². The molecule has 2 amide bonds. The molecule has 2 saturated heterocycles. The van der Waals surface area contributed by atoms with E-state index in [1.807, 2.05) is 30.3 Å². The second-order valence-electron chi connectivity index (χ2n) is 7.61. The minimum absolute atomic E-state index is 0.0995. The van der Waals surface area contributed by atoms with E-state index in [1.165, 1.54) is 6.08 Å². The minimum atomic E-state index is -0.722. The van der Waals surface area contributed by atoms with Crippen molar-refractivity contribution in [2.75, 3.05) is 36.4 Å². The van der Waals surface area contributed by atoms with Gasteiger partial charge in [0.25, 0.3) is 0 Å². The van der Waals surface area contributed by atoms with Crippen LogP contribution in [-0.4, -0.2) is 58.1 Å². The van der Waals surface area contributed by atoms with Gasteiger partial charge in [0, 0.05) is 26.2 Å². The second kappa shape index (κ2) is 8.06. The number of nitrogens with one attached hydrogen (secondary N) is 2. The quantitative estimate of drug-likeness (QED) is 0.758. The zero-order chi connectivity index (χ0) is 20.3. The smallest absolute Gasteiger partial charge is 0.246 e. The average molecular weight is 394 g/mol. The maximum atomic E-state index is 13.4. The number of anilines is 2. The van der Waals surface area contributed by atoms with Crippen LogP contribution in [0.5, 0.6) is 0 Å². The summed E-state index contributed by atoms with van der Waals surface area (Å²) in [4.78, 5) is 33.7. The van der Waals surface area contributed by atoms with E-state index in [2.05, 4.69) is 32.0 Å². The molecule has 1 aromatic heterocycles. The molecule has 0 saturated carbocycles. The summed E-state index contributed by atoms with van der Waals surface area (Å²) in [5, 5.41) is 10.0. The van der Waals surface area contributed by atoms with Gasteiger partial charge in [0.05, 0.1) is 5.41 Å². The van der Waals surface area contributed by atoms with E-state index < -0.39 is 5.41 Å². The molecule has 0 aliphatic carbocycles. The number of rotatable bonds is 5. The van der Waals surface area contributed by atoms with Gasteiger partial charge in [-0.1, -0.05) is 36.9 Å². The van der Waals surface area contributed by atoms with Crippen LogP contribution in [-0.2, 0) is 15.0 Å². The first kappa shape index (κ1) is 19.2. The molecule has 0 radical (unpaired) electrons. The predicted molar refractivity (Wildman–Crippen MR) is 111 cm³/mol. The van der Waals surface area contributed by atoms with Crippen LogP contribution >= 0.6 is 0 Å². The van der Waals surface area contributed by atoms with E-state index >= 15 is 0 Å². The molecule has 29 heavy (non-hydrogen) atoms. The van der Waals surface area contributed by atoms with Gasteiger partial charge in [-0.05, 0) is 37.3 Å². The van der Waals surface area contributed by atoms with Crippen LogP contribution in [0.25, 0.3) is 0 Å². The summed E-state index contributed by atoms with van der Waals surface area (Å²) < 4.78 is 0. The summed E-state index contributed by atoms with van der Waals surface area (Å²) in [5.74, 6) is 0.755. The van der Waals surface area contributed by atoms with Gasteiger partial charge in [0.2, 0.25) is 23.7 Å². The van der Waals surface area contributed by atoms with Crippen LogP contribution in [0.15, 0.2) is 43.0 Å². The van der Waals surface area contributed by atoms with Gasteiger partial charge in [-0.25, -0.2) is 5.10 Å². The van der Waals surface area contributed by atoms with E-state index in [9.17, 15) is 9.59 Å². The van der Waals surface area contributed by atoms with Gasteiger partial charge in [0.1, 0.15) is 0 Å². The fourth-order valence-corrected chi connectivity index (χ4v) is 4.24. The van der Waals surface area contributed by atoms with Crippen molar-refractivity contribution < 1.29 is 9.59 Å². The number of H-pyrrole nitrogens is 1. The lowest BCUT2D eigenvalue weighted by Crippen LogP contribution is -2.50. The fourth-order valence-electron chi connectivity index (χ4n) is 4.24. The van der Waals surface area contributed by atoms with Gasteiger partial charge in [0.15, 0.2) is 0 Å². The number of amides is 2. The van der Waals surface area contributed by atoms with Crippen LogP contribution in [0.2, 0.25) is 0 Å². The lowest BCUT2D eigenvalue weighted by atomic mass is 9.72. The largest absolute Gasteiger partial charge is 0.339 e. The number of piperidine rings is 1. The van der Waals surface area contributed by atoms with Crippen LogP contribution in [0.1, 0.15) is 31.2 Å². The van der Waals surface area contributed by atoms with Crippen LogP contribution in [0.3, 0.4) is 0 Å². The van der Waals surface area contributed by atoms with Gasteiger partial charge < -0.3 is 9.80 Å². The Hall–Kier alpha value is -3.16. The number of hydrogen-bond acceptors (Lipinski definition) is 5. The Labute approximate surface area is 170 Å². The molecule has 4 rings (SSSR count). The summed E-state index contributed by atoms with van der Waals surface area (Å²) in [6.45, 7) is 6.44. The van der Waals surface area contributed by atoms with Crippen LogP contribution in [0.4, 0.5) is 11.9 Å². The molecule has 2 aromatic rings. The zero-order valence-electron chi connectivity index (χ0n) is 16.4. The SMILES string of the molecule is C=CC(=O)N1CCC(C(=O)Nc2nc(N3CCCC3)n[nH]2)(c2ccccc2)CC1. The molecule has 2 aliphatic rings. The molecule has 152 valence electrons. The molecule has 0 atom stereocenters. The van der Waals surface area contributed by atoms with E-state index in [0.717, 1.165) is 31.5 Å². The molecule has 2 N–H and O–H groups in total. The van der Waals surface area contributed by atoms with E-state index in [4.69, 9.17) is 0 Å². The summed E-state index contributed by atoms with van der Waals surface area (Å²) in [7, 11) is 0. The topological polar surface area (TPSA) is 94.2 Å². The number of likely N-dealkylation sites (tertiary alicyclic amines) is 1. The maximum Gasteiger partial charge on any atom is 0.246 e. The van der Waals surface area contributed by atoms with Crippen LogP contribution in [0, 0.1) is 0 Å². The van der Waals surface area contributed by atoms with Crippen molar-refractivity contribution in [3.8, 4) is 0 Å². The van der Waals surface area contributed by atoms with Gasteiger partial charge in [-0.3, -0.25) is 14.9 Å². The van der Waals surface area contributed by atoms with Crippen LogP contribution < -0.4 is 10.2 Å². The third-order valence-electron chi connectivity index (χ3n) is 5.96. The normalized spacial score (nSPS) is 18.5. The maximum absolute atomic E-state index is 13.4. The van der Waals surface area contributed by atoms with Crippen molar-refractivity contribution in [3.05, 3.63) is 48.6 Å². The number of carbonyl (C=O) groups is 2.